The van der Waals surface area contributed by atoms with E-state index in [0.29, 0.717) is 11.4 Å². The molecule has 120 valence electrons. The van der Waals surface area contributed by atoms with Crippen molar-refractivity contribution in [2.45, 2.75) is 0 Å². The average Bonchev–Trinajstić information content (AvgIpc) is 3.13. The van der Waals surface area contributed by atoms with Gasteiger partial charge in [-0.1, -0.05) is 35.4 Å². The molecule has 0 bridgehead atoms. The van der Waals surface area contributed by atoms with Crippen LogP contribution in [0.3, 0.4) is 0 Å². The van der Waals surface area contributed by atoms with Crippen LogP contribution in [0.5, 0.6) is 11.8 Å². The number of anilines is 1. The summed E-state index contributed by atoms with van der Waals surface area (Å²) in [4.78, 5) is 0. The Bertz CT molecular complexity index is 964. The maximum absolute atomic E-state index is 8.80. The number of nitrogens with one attached hydrogen (secondary N) is 1. The zero-order valence-electron chi connectivity index (χ0n) is 12.9. The highest BCUT2D eigenvalue weighted by Crippen LogP contribution is 2.29. The van der Waals surface area contributed by atoms with E-state index in [1.165, 1.54) is 10.9 Å². The fourth-order valence-corrected chi connectivity index (χ4v) is 1.99. The lowest BCUT2D eigenvalue weighted by molar-refractivity contribution is 0.429. The standard InChI is InChI=1S/C17H11N7O/c18-10-13(11-19)12-20-15-8-4-5-9-16(15)25-17-21-22-23-24(17)14-6-2-1-3-7-14/h1-9,12,20H. The monoisotopic (exact) mass is 329 g/mol. The summed E-state index contributed by atoms with van der Waals surface area (Å²) in [5, 5.41) is 31.9. The molecule has 0 aliphatic rings. The molecule has 0 amide bonds. The summed E-state index contributed by atoms with van der Waals surface area (Å²) in [6.45, 7) is 0. The molecule has 1 heterocycles. The molecule has 8 heteroatoms. The van der Waals surface area contributed by atoms with Gasteiger partial charge in [0.2, 0.25) is 0 Å². The lowest BCUT2D eigenvalue weighted by Crippen LogP contribution is -2.01. The van der Waals surface area contributed by atoms with Gasteiger partial charge in [0.15, 0.2) is 5.75 Å². The SMILES string of the molecule is N#CC(C#N)=CNc1ccccc1Oc1nnnn1-c1ccccc1. The third-order valence-corrected chi connectivity index (χ3v) is 3.14. The predicted molar refractivity (Wildman–Crippen MR) is 88.6 cm³/mol. The number of aromatic nitrogens is 4. The van der Waals surface area contributed by atoms with Gasteiger partial charge in [-0.05, 0) is 34.7 Å². The number of ether oxygens (including phenoxy) is 1. The van der Waals surface area contributed by atoms with Gasteiger partial charge < -0.3 is 10.1 Å². The summed E-state index contributed by atoms with van der Waals surface area (Å²) >= 11 is 0. The minimum Gasteiger partial charge on any atom is -0.421 e. The molecule has 0 unspecified atom stereocenters. The van der Waals surface area contributed by atoms with Gasteiger partial charge in [0.05, 0.1) is 11.4 Å². The molecule has 0 saturated heterocycles. The van der Waals surface area contributed by atoms with Crippen molar-refractivity contribution >= 4 is 5.69 Å². The number of nitrogens with zero attached hydrogens (tertiary/aromatic N) is 6. The molecule has 2 aromatic carbocycles. The zero-order valence-corrected chi connectivity index (χ0v) is 12.9. The summed E-state index contributed by atoms with van der Waals surface area (Å²) in [6, 6.07) is 20.1. The van der Waals surface area contributed by atoms with E-state index in [0.717, 1.165) is 5.69 Å². The van der Waals surface area contributed by atoms with Crippen LogP contribution in [-0.4, -0.2) is 20.2 Å². The second kappa shape index (κ2) is 7.40. The number of nitriles is 2. The number of rotatable bonds is 5. The van der Waals surface area contributed by atoms with E-state index in [4.69, 9.17) is 15.3 Å². The highest BCUT2D eigenvalue weighted by molar-refractivity contribution is 5.59. The Morgan fingerprint density at radius 2 is 1.76 bits per heavy atom. The lowest BCUT2D eigenvalue weighted by atomic mass is 10.3. The van der Waals surface area contributed by atoms with Crippen molar-refractivity contribution in [2.24, 2.45) is 0 Å². The normalized spacial score (nSPS) is 9.52. The van der Waals surface area contributed by atoms with Crippen molar-refractivity contribution in [3.63, 3.8) is 0 Å². The average molecular weight is 329 g/mol. The number of para-hydroxylation sites is 3. The van der Waals surface area contributed by atoms with E-state index in [-0.39, 0.29) is 11.6 Å². The lowest BCUT2D eigenvalue weighted by Gasteiger charge is -2.10. The van der Waals surface area contributed by atoms with Crippen molar-refractivity contribution in [1.82, 2.24) is 20.2 Å². The van der Waals surface area contributed by atoms with Crippen LogP contribution >= 0.6 is 0 Å². The zero-order chi connectivity index (χ0) is 17.5. The fourth-order valence-electron chi connectivity index (χ4n) is 1.99. The van der Waals surface area contributed by atoms with Gasteiger partial charge in [-0.2, -0.15) is 15.2 Å². The van der Waals surface area contributed by atoms with Crippen molar-refractivity contribution < 1.29 is 4.74 Å². The maximum Gasteiger partial charge on any atom is 0.345 e. The molecule has 0 fully saturated rings. The summed E-state index contributed by atoms with van der Waals surface area (Å²) in [5.41, 5.74) is 1.26. The second-order valence-corrected chi connectivity index (χ2v) is 4.73. The molecule has 0 spiro atoms. The van der Waals surface area contributed by atoms with Gasteiger partial charge in [0, 0.05) is 6.20 Å². The number of benzene rings is 2. The number of allylic oxidation sites excluding steroid dienone is 1. The van der Waals surface area contributed by atoms with Crippen LogP contribution in [0.15, 0.2) is 66.4 Å². The van der Waals surface area contributed by atoms with Crippen LogP contribution in [0.4, 0.5) is 5.69 Å². The minimum absolute atomic E-state index is 0.0519. The van der Waals surface area contributed by atoms with E-state index in [9.17, 15) is 0 Å². The Balaban J connectivity index is 1.89. The summed E-state index contributed by atoms with van der Waals surface area (Å²) in [7, 11) is 0. The molecule has 3 aromatic rings. The van der Waals surface area contributed by atoms with Gasteiger partial charge in [-0.15, -0.1) is 0 Å². The molecule has 3 rings (SSSR count). The van der Waals surface area contributed by atoms with Crippen molar-refractivity contribution in [2.75, 3.05) is 5.32 Å². The molecule has 0 aliphatic heterocycles. The molecular formula is C17H11N7O. The predicted octanol–water partition coefficient (Wildman–Crippen LogP) is 2.80. The highest BCUT2D eigenvalue weighted by atomic mass is 16.5. The first-order valence-electron chi connectivity index (χ1n) is 7.19. The van der Waals surface area contributed by atoms with E-state index < -0.39 is 0 Å². The molecule has 0 saturated carbocycles. The number of tetrazole rings is 1. The first kappa shape index (κ1) is 15.7. The molecule has 25 heavy (non-hydrogen) atoms. The topological polar surface area (TPSA) is 112 Å². The summed E-state index contributed by atoms with van der Waals surface area (Å²) in [5.74, 6) is 0.445. The van der Waals surface area contributed by atoms with E-state index in [1.807, 2.05) is 30.3 Å². The number of hydrogen-bond donors (Lipinski definition) is 1. The van der Waals surface area contributed by atoms with Crippen molar-refractivity contribution in [3.05, 3.63) is 66.4 Å². The van der Waals surface area contributed by atoms with Crippen LogP contribution in [0, 0.1) is 22.7 Å². The second-order valence-electron chi connectivity index (χ2n) is 4.73. The Morgan fingerprint density at radius 1 is 1.04 bits per heavy atom. The van der Waals surface area contributed by atoms with E-state index in [1.54, 1.807) is 36.4 Å². The molecule has 0 radical (unpaired) electrons. The van der Waals surface area contributed by atoms with Gasteiger partial charge in [-0.3, -0.25) is 0 Å². The van der Waals surface area contributed by atoms with Crippen LogP contribution < -0.4 is 10.1 Å². The van der Waals surface area contributed by atoms with E-state index >= 15 is 0 Å². The highest BCUT2D eigenvalue weighted by Gasteiger charge is 2.12. The largest absolute Gasteiger partial charge is 0.421 e. The van der Waals surface area contributed by atoms with Crippen LogP contribution in [-0.2, 0) is 0 Å². The quantitative estimate of drug-likeness (QED) is 0.716. The van der Waals surface area contributed by atoms with Crippen LogP contribution in [0.2, 0.25) is 0 Å². The van der Waals surface area contributed by atoms with Gasteiger partial charge in [0.25, 0.3) is 0 Å². The molecule has 1 N–H and O–H groups in total. The van der Waals surface area contributed by atoms with Crippen LogP contribution in [0.25, 0.3) is 5.69 Å². The number of hydrogen-bond acceptors (Lipinski definition) is 7. The Kier molecular flexibility index (Phi) is 4.65. The fraction of sp³-hybridized carbons (Fsp3) is 0. The van der Waals surface area contributed by atoms with Crippen molar-refractivity contribution in [3.8, 4) is 29.6 Å². The Hall–Kier alpha value is -4.17. The Labute approximate surface area is 143 Å². The van der Waals surface area contributed by atoms with E-state index in [2.05, 4.69) is 20.8 Å². The van der Waals surface area contributed by atoms with Gasteiger partial charge >= 0.3 is 6.01 Å². The van der Waals surface area contributed by atoms with Gasteiger partial charge in [-0.25, -0.2) is 0 Å². The third kappa shape index (κ3) is 3.60. The molecule has 8 nitrogen and oxygen atoms in total. The van der Waals surface area contributed by atoms with Crippen LogP contribution in [0.1, 0.15) is 0 Å². The molecule has 0 atom stereocenters. The maximum atomic E-state index is 8.80. The molecular weight excluding hydrogens is 318 g/mol. The molecule has 1 aromatic heterocycles. The smallest absolute Gasteiger partial charge is 0.345 e. The third-order valence-electron chi connectivity index (χ3n) is 3.14. The van der Waals surface area contributed by atoms with Crippen molar-refractivity contribution in [1.29, 1.82) is 10.5 Å². The minimum atomic E-state index is -0.0519. The first-order chi connectivity index (χ1) is 12.3. The Morgan fingerprint density at radius 3 is 2.52 bits per heavy atom. The van der Waals surface area contributed by atoms with Gasteiger partial charge in [0.1, 0.15) is 17.7 Å². The first-order valence-corrected chi connectivity index (χ1v) is 7.19. The summed E-state index contributed by atoms with van der Waals surface area (Å²) in [6.07, 6.45) is 1.31. The summed E-state index contributed by atoms with van der Waals surface area (Å²) < 4.78 is 7.26. The molecule has 0 aliphatic carbocycles.